The lowest BCUT2D eigenvalue weighted by atomic mass is 9.89. The molecule has 0 bridgehead atoms. The van der Waals surface area contributed by atoms with Crippen LogP contribution < -0.4 is 0 Å². The summed E-state index contributed by atoms with van der Waals surface area (Å²) in [5.41, 5.74) is -0.945. The maximum atomic E-state index is 12.8. The lowest BCUT2D eigenvalue weighted by molar-refractivity contribution is -0.147. The Morgan fingerprint density at radius 3 is 1.89 bits per heavy atom. The van der Waals surface area contributed by atoms with Crippen LogP contribution >= 0.6 is 7.60 Å². The maximum Gasteiger partial charge on any atom is 0.332 e. The van der Waals surface area contributed by atoms with Gasteiger partial charge in [0.05, 0.1) is 23.8 Å². The monoisotopic (exact) mass is 292 g/mol. The zero-order chi connectivity index (χ0) is 14.7. The van der Waals surface area contributed by atoms with Gasteiger partial charge in [0.15, 0.2) is 0 Å². The molecule has 0 aromatic heterocycles. The normalized spacial score (nSPS) is 19.3. The van der Waals surface area contributed by atoms with E-state index >= 15 is 0 Å². The fraction of sp³-hybridized carbons (Fsp3) is 0.923. The Kier molecular flexibility index (Phi) is 5.60. The fourth-order valence-corrected chi connectivity index (χ4v) is 5.28. The van der Waals surface area contributed by atoms with Crippen molar-refractivity contribution in [2.45, 2.75) is 65.6 Å². The minimum Gasteiger partial charge on any atom is -0.481 e. The topological polar surface area (TPSA) is 72.8 Å². The highest BCUT2D eigenvalue weighted by molar-refractivity contribution is 7.54. The van der Waals surface area contributed by atoms with Gasteiger partial charge in [0.25, 0.3) is 0 Å². The molecule has 0 aromatic rings. The molecule has 1 saturated carbocycles. The van der Waals surface area contributed by atoms with Crippen LogP contribution in [-0.2, 0) is 18.4 Å². The second-order valence-corrected chi connectivity index (χ2v) is 7.83. The van der Waals surface area contributed by atoms with Gasteiger partial charge in [0, 0.05) is 0 Å². The summed E-state index contributed by atoms with van der Waals surface area (Å²) in [4.78, 5) is 11.5. The van der Waals surface area contributed by atoms with Crippen LogP contribution in [0, 0.1) is 5.41 Å². The number of carbonyl (C=O) groups is 1. The van der Waals surface area contributed by atoms with Crippen LogP contribution in [0.2, 0.25) is 0 Å². The average molecular weight is 292 g/mol. The Balaban J connectivity index is 2.92. The Morgan fingerprint density at radius 2 is 1.58 bits per heavy atom. The third-order valence-corrected chi connectivity index (χ3v) is 5.73. The molecule has 0 unspecified atom stereocenters. The molecule has 0 aliphatic heterocycles. The van der Waals surface area contributed by atoms with Crippen molar-refractivity contribution >= 4 is 13.6 Å². The third kappa shape index (κ3) is 4.59. The first kappa shape index (κ1) is 16.7. The Morgan fingerprint density at radius 1 is 1.16 bits per heavy atom. The molecule has 0 heterocycles. The lowest BCUT2D eigenvalue weighted by Crippen LogP contribution is -2.33. The van der Waals surface area contributed by atoms with E-state index in [1.165, 1.54) is 0 Å². The largest absolute Gasteiger partial charge is 0.481 e. The number of carboxylic acids is 1. The Hall–Kier alpha value is -0.380. The number of rotatable bonds is 7. The van der Waals surface area contributed by atoms with E-state index in [0.717, 1.165) is 12.8 Å². The van der Waals surface area contributed by atoms with E-state index in [9.17, 15) is 14.5 Å². The molecule has 1 fully saturated rings. The average Bonchev–Trinajstić information content (AvgIpc) is 2.63. The predicted octanol–water partition coefficient (Wildman–Crippen LogP) is 3.67. The molecule has 5 nitrogen and oxygen atoms in total. The molecule has 1 aliphatic rings. The van der Waals surface area contributed by atoms with E-state index in [4.69, 9.17) is 9.05 Å². The van der Waals surface area contributed by atoms with Crippen LogP contribution in [0.4, 0.5) is 0 Å². The van der Waals surface area contributed by atoms with Crippen LogP contribution in [0.3, 0.4) is 0 Å². The number of hydrogen-bond donors (Lipinski definition) is 1. The Bertz CT molecular complexity index is 344. The zero-order valence-electron chi connectivity index (χ0n) is 12.2. The lowest BCUT2D eigenvalue weighted by Gasteiger charge is -2.30. The molecule has 0 amide bonds. The van der Waals surface area contributed by atoms with Crippen LogP contribution in [0.15, 0.2) is 0 Å². The summed E-state index contributed by atoms with van der Waals surface area (Å²) in [5, 5.41) is 9.46. The molecule has 0 aromatic carbocycles. The summed E-state index contributed by atoms with van der Waals surface area (Å²) in [6.07, 6.45) is 2.29. The standard InChI is InChI=1S/C13H25O5P/c1-10(2)17-19(16,18-11(3)4)9-13(12(14)15)7-5-6-8-13/h10-11H,5-9H2,1-4H3,(H,14,15). The Labute approximate surface area is 115 Å². The summed E-state index contributed by atoms with van der Waals surface area (Å²) in [5.74, 6) is -0.884. The molecule has 0 saturated heterocycles. The molecule has 0 spiro atoms. The van der Waals surface area contributed by atoms with Gasteiger partial charge in [-0.15, -0.1) is 0 Å². The second kappa shape index (κ2) is 6.38. The molecular formula is C13H25O5P. The van der Waals surface area contributed by atoms with Crippen molar-refractivity contribution in [1.82, 2.24) is 0 Å². The molecule has 19 heavy (non-hydrogen) atoms. The molecule has 1 N–H and O–H groups in total. The highest BCUT2D eigenvalue weighted by atomic mass is 31.2. The summed E-state index contributed by atoms with van der Waals surface area (Å²) in [7, 11) is -3.38. The van der Waals surface area contributed by atoms with Gasteiger partial charge >= 0.3 is 13.6 Å². The molecule has 0 atom stereocenters. The van der Waals surface area contributed by atoms with Gasteiger partial charge in [0.2, 0.25) is 0 Å². The minimum atomic E-state index is -3.38. The molecule has 112 valence electrons. The molecule has 1 aliphatic carbocycles. The van der Waals surface area contributed by atoms with Gasteiger partial charge < -0.3 is 14.2 Å². The summed E-state index contributed by atoms with van der Waals surface area (Å²) < 4.78 is 23.7. The first-order valence-electron chi connectivity index (χ1n) is 6.88. The van der Waals surface area contributed by atoms with E-state index in [2.05, 4.69) is 0 Å². The molecular weight excluding hydrogens is 267 g/mol. The van der Waals surface area contributed by atoms with Crippen LogP contribution in [-0.4, -0.2) is 29.4 Å². The van der Waals surface area contributed by atoms with Gasteiger partial charge in [-0.25, -0.2) is 0 Å². The predicted molar refractivity (Wildman–Crippen MR) is 73.5 cm³/mol. The minimum absolute atomic E-state index is 0.0221. The van der Waals surface area contributed by atoms with Gasteiger partial charge in [-0.3, -0.25) is 9.36 Å². The van der Waals surface area contributed by atoms with E-state index in [0.29, 0.717) is 12.8 Å². The van der Waals surface area contributed by atoms with Crippen molar-refractivity contribution in [3.8, 4) is 0 Å². The van der Waals surface area contributed by atoms with Gasteiger partial charge in [-0.1, -0.05) is 12.8 Å². The van der Waals surface area contributed by atoms with Crippen molar-refractivity contribution in [3.63, 3.8) is 0 Å². The van der Waals surface area contributed by atoms with Crippen LogP contribution in [0.25, 0.3) is 0 Å². The van der Waals surface area contributed by atoms with Gasteiger partial charge in [0.1, 0.15) is 0 Å². The number of carboxylic acid groups (broad SMARTS) is 1. The van der Waals surface area contributed by atoms with Crippen molar-refractivity contribution in [2.24, 2.45) is 5.41 Å². The highest BCUT2D eigenvalue weighted by Gasteiger charge is 2.48. The molecule has 0 radical (unpaired) electrons. The number of aliphatic carboxylic acids is 1. The SMILES string of the molecule is CC(C)OP(=O)(CC1(C(=O)O)CCCC1)OC(C)C. The van der Waals surface area contributed by atoms with Gasteiger partial charge in [-0.2, -0.15) is 0 Å². The first-order chi connectivity index (χ1) is 8.69. The quantitative estimate of drug-likeness (QED) is 0.725. The summed E-state index contributed by atoms with van der Waals surface area (Å²) >= 11 is 0. The third-order valence-electron chi connectivity index (χ3n) is 3.25. The smallest absolute Gasteiger partial charge is 0.332 e. The molecule has 6 heteroatoms. The van der Waals surface area contributed by atoms with Crippen LogP contribution in [0.1, 0.15) is 53.4 Å². The highest BCUT2D eigenvalue weighted by Crippen LogP contribution is 2.58. The van der Waals surface area contributed by atoms with E-state index in [1.807, 2.05) is 0 Å². The van der Waals surface area contributed by atoms with E-state index < -0.39 is 19.0 Å². The fourth-order valence-electron chi connectivity index (χ4n) is 2.60. The summed E-state index contributed by atoms with van der Waals surface area (Å²) in [6, 6.07) is 0. The zero-order valence-corrected chi connectivity index (χ0v) is 13.1. The summed E-state index contributed by atoms with van der Waals surface area (Å²) in [6.45, 7) is 7.10. The first-order valence-corrected chi connectivity index (χ1v) is 8.61. The van der Waals surface area contributed by atoms with Crippen molar-refractivity contribution in [3.05, 3.63) is 0 Å². The van der Waals surface area contributed by atoms with Crippen molar-refractivity contribution < 1.29 is 23.5 Å². The van der Waals surface area contributed by atoms with Crippen molar-refractivity contribution in [1.29, 1.82) is 0 Å². The van der Waals surface area contributed by atoms with E-state index in [1.54, 1.807) is 27.7 Å². The maximum absolute atomic E-state index is 12.8. The second-order valence-electron chi connectivity index (χ2n) is 5.87. The van der Waals surface area contributed by atoms with Gasteiger partial charge in [-0.05, 0) is 40.5 Å². The molecule has 1 rings (SSSR count). The number of hydrogen-bond acceptors (Lipinski definition) is 4. The van der Waals surface area contributed by atoms with E-state index in [-0.39, 0.29) is 18.4 Å². The van der Waals surface area contributed by atoms with Crippen molar-refractivity contribution in [2.75, 3.05) is 6.16 Å². The van der Waals surface area contributed by atoms with Crippen LogP contribution in [0.5, 0.6) is 0 Å².